The molecule has 0 saturated carbocycles. The number of aryl methyl sites for hydroxylation is 1. The van der Waals surface area contributed by atoms with Crippen molar-refractivity contribution in [1.29, 1.82) is 0 Å². The third-order valence-electron chi connectivity index (χ3n) is 3.24. The van der Waals surface area contributed by atoms with Crippen LogP contribution in [0.5, 0.6) is 0 Å². The largest absolute Gasteiger partial charge is 0.330 e. The van der Waals surface area contributed by atoms with Crippen molar-refractivity contribution in [2.45, 2.75) is 11.3 Å². The molecule has 1 heterocycles. The Kier molecular flexibility index (Phi) is 6.37. The topological polar surface area (TPSA) is 66.9 Å². The molecular weight excluding hydrogens is 411 g/mol. The van der Waals surface area contributed by atoms with Gasteiger partial charge in [0.2, 0.25) is 11.0 Å². The number of benzene rings is 2. The summed E-state index contributed by atoms with van der Waals surface area (Å²) in [4.78, 5) is 12.0. The number of aromatic nitrogens is 2. The number of carbonyl (C=O) groups excluding carboxylic acids is 1. The van der Waals surface area contributed by atoms with Gasteiger partial charge in [-0.15, -0.1) is 10.2 Å². The van der Waals surface area contributed by atoms with E-state index in [1.807, 2.05) is 31.2 Å². The fourth-order valence-corrected chi connectivity index (χ4v) is 3.85. The zero-order valence-electron chi connectivity index (χ0n) is 13.6. The van der Waals surface area contributed by atoms with Gasteiger partial charge < -0.3 is 10.6 Å². The standard InChI is InChI=1S/C17H14Cl2N4OS2/c1-10-2-4-11(5-3-10)21-16-22-23-17(26-16)25-9-15(24)20-12-6-7-13(18)14(19)8-12/h2-8H,9H2,1H3,(H,20,24)(H,21,22). The second kappa shape index (κ2) is 8.73. The van der Waals surface area contributed by atoms with Crippen molar-refractivity contribution >= 4 is 68.7 Å². The lowest BCUT2D eigenvalue weighted by Gasteiger charge is -2.05. The quantitative estimate of drug-likeness (QED) is 0.501. The van der Waals surface area contributed by atoms with Crippen LogP contribution in [0.1, 0.15) is 5.56 Å². The maximum Gasteiger partial charge on any atom is 0.234 e. The molecule has 26 heavy (non-hydrogen) atoms. The van der Waals surface area contributed by atoms with Gasteiger partial charge in [-0.3, -0.25) is 4.79 Å². The average molecular weight is 425 g/mol. The van der Waals surface area contributed by atoms with Crippen LogP contribution in [0.25, 0.3) is 0 Å². The Hall–Kier alpha value is -1.80. The number of amides is 1. The molecule has 0 radical (unpaired) electrons. The van der Waals surface area contributed by atoms with Gasteiger partial charge in [-0.2, -0.15) is 0 Å². The molecule has 0 atom stereocenters. The highest BCUT2D eigenvalue weighted by Crippen LogP contribution is 2.28. The molecule has 3 aromatic rings. The van der Waals surface area contributed by atoms with Crippen LogP contribution in [-0.4, -0.2) is 21.9 Å². The lowest BCUT2D eigenvalue weighted by molar-refractivity contribution is -0.113. The van der Waals surface area contributed by atoms with Gasteiger partial charge in [-0.25, -0.2) is 0 Å². The van der Waals surface area contributed by atoms with E-state index in [9.17, 15) is 4.79 Å². The summed E-state index contributed by atoms with van der Waals surface area (Å²) >= 11 is 14.5. The van der Waals surface area contributed by atoms with Crippen LogP contribution < -0.4 is 10.6 Å². The second-order valence-electron chi connectivity index (χ2n) is 5.33. The fourth-order valence-electron chi connectivity index (χ4n) is 1.98. The third kappa shape index (κ3) is 5.35. The first kappa shape index (κ1) is 19.0. The van der Waals surface area contributed by atoms with E-state index in [1.165, 1.54) is 28.7 Å². The van der Waals surface area contributed by atoms with Gasteiger partial charge in [-0.1, -0.05) is 64.0 Å². The number of thioether (sulfide) groups is 1. The fraction of sp³-hybridized carbons (Fsp3) is 0.118. The van der Waals surface area contributed by atoms with E-state index in [2.05, 4.69) is 20.8 Å². The van der Waals surface area contributed by atoms with Gasteiger partial charge in [0.1, 0.15) is 0 Å². The zero-order valence-corrected chi connectivity index (χ0v) is 16.8. The maximum atomic E-state index is 12.0. The predicted molar refractivity (Wildman–Crippen MR) is 110 cm³/mol. The number of carbonyl (C=O) groups is 1. The monoisotopic (exact) mass is 424 g/mol. The Bertz CT molecular complexity index is 915. The highest BCUT2D eigenvalue weighted by Gasteiger charge is 2.09. The Balaban J connectivity index is 1.51. The number of nitrogens with one attached hydrogen (secondary N) is 2. The number of anilines is 3. The van der Waals surface area contributed by atoms with E-state index in [4.69, 9.17) is 23.2 Å². The molecular formula is C17H14Cl2N4OS2. The van der Waals surface area contributed by atoms with E-state index in [0.717, 1.165) is 5.69 Å². The van der Waals surface area contributed by atoms with E-state index >= 15 is 0 Å². The van der Waals surface area contributed by atoms with E-state index < -0.39 is 0 Å². The van der Waals surface area contributed by atoms with Gasteiger partial charge in [0.15, 0.2) is 4.34 Å². The highest BCUT2D eigenvalue weighted by atomic mass is 35.5. The van der Waals surface area contributed by atoms with Crippen molar-refractivity contribution < 1.29 is 4.79 Å². The minimum absolute atomic E-state index is 0.156. The summed E-state index contributed by atoms with van der Waals surface area (Å²) in [6.07, 6.45) is 0. The SMILES string of the molecule is Cc1ccc(Nc2nnc(SCC(=O)Nc3ccc(Cl)c(Cl)c3)s2)cc1. The van der Waals surface area contributed by atoms with E-state index in [-0.39, 0.29) is 11.7 Å². The molecule has 0 unspecified atom stereocenters. The Morgan fingerprint density at radius 1 is 1.08 bits per heavy atom. The smallest absolute Gasteiger partial charge is 0.234 e. The summed E-state index contributed by atoms with van der Waals surface area (Å²) in [5, 5.41) is 15.7. The van der Waals surface area contributed by atoms with E-state index in [0.29, 0.717) is 25.2 Å². The molecule has 1 aromatic heterocycles. The van der Waals surface area contributed by atoms with Gasteiger partial charge >= 0.3 is 0 Å². The number of hydrogen-bond donors (Lipinski definition) is 2. The lowest BCUT2D eigenvalue weighted by atomic mass is 10.2. The molecule has 3 rings (SSSR count). The predicted octanol–water partition coefficient (Wildman–Crippen LogP) is 5.63. The van der Waals surface area contributed by atoms with Crippen molar-refractivity contribution in [2.75, 3.05) is 16.4 Å². The molecule has 0 aliphatic rings. The molecule has 0 aliphatic carbocycles. The van der Waals surface area contributed by atoms with Crippen molar-refractivity contribution in [1.82, 2.24) is 10.2 Å². The first-order valence-electron chi connectivity index (χ1n) is 7.54. The summed E-state index contributed by atoms with van der Waals surface area (Å²) in [7, 11) is 0. The summed E-state index contributed by atoms with van der Waals surface area (Å²) < 4.78 is 0.712. The highest BCUT2D eigenvalue weighted by molar-refractivity contribution is 8.01. The lowest BCUT2D eigenvalue weighted by Crippen LogP contribution is -2.13. The normalized spacial score (nSPS) is 10.6. The minimum Gasteiger partial charge on any atom is -0.330 e. The van der Waals surface area contributed by atoms with Gasteiger partial charge in [-0.05, 0) is 37.3 Å². The minimum atomic E-state index is -0.156. The summed E-state index contributed by atoms with van der Waals surface area (Å²) in [5.41, 5.74) is 2.74. The molecule has 0 aliphatic heterocycles. The van der Waals surface area contributed by atoms with Crippen LogP contribution in [0.2, 0.25) is 10.0 Å². The van der Waals surface area contributed by atoms with Crippen LogP contribution >= 0.6 is 46.3 Å². The van der Waals surface area contributed by atoms with Crippen molar-refractivity contribution in [3.8, 4) is 0 Å². The molecule has 2 aromatic carbocycles. The van der Waals surface area contributed by atoms with Crippen molar-refractivity contribution in [3.05, 3.63) is 58.1 Å². The molecule has 0 bridgehead atoms. The maximum absolute atomic E-state index is 12.0. The van der Waals surface area contributed by atoms with E-state index in [1.54, 1.807) is 18.2 Å². The summed E-state index contributed by atoms with van der Waals surface area (Å²) in [5.74, 6) is 0.0657. The molecule has 0 saturated heterocycles. The third-order valence-corrected chi connectivity index (χ3v) is 5.95. The molecule has 1 amide bonds. The van der Waals surface area contributed by atoms with Crippen LogP contribution in [0.3, 0.4) is 0 Å². The molecule has 2 N–H and O–H groups in total. The van der Waals surface area contributed by atoms with Crippen LogP contribution in [0, 0.1) is 6.92 Å². The van der Waals surface area contributed by atoms with Crippen molar-refractivity contribution in [3.63, 3.8) is 0 Å². The Labute approximate surface area is 169 Å². The number of nitrogens with zero attached hydrogens (tertiary/aromatic N) is 2. The molecule has 0 fully saturated rings. The zero-order chi connectivity index (χ0) is 18.5. The summed E-state index contributed by atoms with van der Waals surface area (Å²) in [6, 6.07) is 13.0. The first-order chi connectivity index (χ1) is 12.5. The Morgan fingerprint density at radius 2 is 1.81 bits per heavy atom. The average Bonchev–Trinajstić information content (AvgIpc) is 3.06. The van der Waals surface area contributed by atoms with Crippen LogP contribution in [0.4, 0.5) is 16.5 Å². The van der Waals surface area contributed by atoms with Gasteiger partial charge in [0.25, 0.3) is 0 Å². The van der Waals surface area contributed by atoms with Crippen LogP contribution in [-0.2, 0) is 4.79 Å². The van der Waals surface area contributed by atoms with Gasteiger partial charge in [0, 0.05) is 11.4 Å². The van der Waals surface area contributed by atoms with Crippen LogP contribution in [0.15, 0.2) is 46.8 Å². The Morgan fingerprint density at radius 3 is 2.54 bits per heavy atom. The molecule has 5 nitrogen and oxygen atoms in total. The molecule has 134 valence electrons. The molecule has 0 spiro atoms. The first-order valence-corrected chi connectivity index (χ1v) is 10.1. The number of hydrogen-bond acceptors (Lipinski definition) is 6. The summed E-state index contributed by atoms with van der Waals surface area (Å²) in [6.45, 7) is 2.03. The number of rotatable bonds is 6. The number of halogens is 2. The van der Waals surface area contributed by atoms with Gasteiger partial charge in [0.05, 0.1) is 15.8 Å². The molecule has 9 heteroatoms. The van der Waals surface area contributed by atoms with Crippen molar-refractivity contribution in [2.24, 2.45) is 0 Å². The second-order valence-corrected chi connectivity index (χ2v) is 8.34.